The molecule has 0 unspecified atom stereocenters. The van der Waals surface area contributed by atoms with Crippen LogP contribution in [0, 0.1) is 29.9 Å². The summed E-state index contributed by atoms with van der Waals surface area (Å²) in [5.74, 6) is -2.37. The van der Waals surface area contributed by atoms with Crippen LogP contribution in [0.1, 0.15) is 35.6 Å². The fraction of sp³-hybridized carbons (Fsp3) is 0.273. The summed E-state index contributed by atoms with van der Waals surface area (Å²) in [5.41, 5.74) is 7.92. The number of anilines is 1. The van der Waals surface area contributed by atoms with Gasteiger partial charge in [0.2, 0.25) is 0 Å². The standard InChI is InChI=1S/C22H19F2N3OS2/c1-11-9-12(22(29-2)30-11)18-13(10-25)21(26)27(16-7-4-8-17(28)19(16)18)20-14(23)5-3-6-15(20)24/h3,5-6,9,18H,4,7-8,26H2,1-2H3/t18-/m1/s1. The summed E-state index contributed by atoms with van der Waals surface area (Å²) in [6, 6.07) is 7.66. The monoisotopic (exact) mass is 443 g/mol. The molecule has 2 aliphatic rings. The first-order chi connectivity index (χ1) is 14.4. The number of para-hydroxylation sites is 1. The molecule has 154 valence electrons. The number of rotatable bonds is 3. The number of thioether (sulfide) groups is 1. The van der Waals surface area contributed by atoms with Gasteiger partial charge in [0, 0.05) is 22.6 Å². The van der Waals surface area contributed by atoms with Crippen molar-refractivity contribution < 1.29 is 13.6 Å². The number of carbonyl (C=O) groups is 1. The second-order valence-corrected chi connectivity index (χ2v) is 9.52. The maximum atomic E-state index is 14.7. The number of hydrogen-bond donors (Lipinski definition) is 1. The lowest BCUT2D eigenvalue weighted by molar-refractivity contribution is -0.116. The molecule has 30 heavy (non-hydrogen) atoms. The van der Waals surface area contributed by atoms with E-state index in [-0.39, 0.29) is 22.9 Å². The van der Waals surface area contributed by atoms with Crippen molar-refractivity contribution in [3.05, 3.63) is 69.0 Å². The number of carbonyl (C=O) groups excluding carboxylic acids is 1. The van der Waals surface area contributed by atoms with E-state index in [4.69, 9.17) is 5.73 Å². The Bertz CT molecular complexity index is 1140. The Morgan fingerprint density at radius 1 is 1.30 bits per heavy atom. The normalized spacial score (nSPS) is 19.2. The summed E-state index contributed by atoms with van der Waals surface area (Å²) < 4.78 is 30.4. The predicted molar refractivity (Wildman–Crippen MR) is 115 cm³/mol. The van der Waals surface area contributed by atoms with E-state index in [0.29, 0.717) is 30.5 Å². The molecule has 0 amide bonds. The Kier molecular flexibility index (Phi) is 5.43. The van der Waals surface area contributed by atoms with Crippen LogP contribution in [0.4, 0.5) is 14.5 Å². The molecule has 1 atom stereocenters. The molecule has 2 aromatic rings. The zero-order valence-corrected chi connectivity index (χ0v) is 18.1. The first-order valence-corrected chi connectivity index (χ1v) is 11.5. The van der Waals surface area contributed by atoms with Crippen LogP contribution in [0.2, 0.25) is 0 Å². The average Bonchev–Trinajstić information content (AvgIpc) is 3.09. The van der Waals surface area contributed by atoms with Gasteiger partial charge in [0.1, 0.15) is 23.1 Å². The van der Waals surface area contributed by atoms with E-state index in [1.807, 2.05) is 19.2 Å². The van der Waals surface area contributed by atoms with E-state index in [1.165, 1.54) is 11.0 Å². The van der Waals surface area contributed by atoms with Crippen LogP contribution in [0.3, 0.4) is 0 Å². The van der Waals surface area contributed by atoms with Gasteiger partial charge in [-0.25, -0.2) is 8.78 Å². The molecule has 2 heterocycles. The van der Waals surface area contributed by atoms with Crippen LogP contribution in [0.15, 0.2) is 51.1 Å². The maximum absolute atomic E-state index is 14.7. The minimum absolute atomic E-state index is 0.0316. The van der Waals surface area contributed by atoms with Crippen molar-refractivity contribution in [1.29, 1.82) is 5.26 Å². The molecule has 0 spiro atoms. The summed E-state index contributed by atoms with van der Waals surface area (Å²) >= 11 is 3.13. The number of hydrogen-bond acceptors (Lipinski definition) is 6. The quantitative estimate of drug-likeness (QED) is 0.647. The van der Waals surface area contributed by atoms with Crippen LogP contribution in [0.25, 0.3) is 0 Å². The minimum atomic E-state index is -0.797. The third-order valence-corrected chi connectivity index (χ3v) is 7.64. The smallest absolute Gasteiger partial charge is 0.161 e. The average molecular weight is 444 g/mol. The number of benzene rings is 1. The van der Waals surface area contributed by atoms with E-state index in [2.05, 4.69) is 6.07 Å². The van der Waals surface area contributed by atoms with Crippen molar-refractivity contribution in [3.63, 3.8) is 0 Å². The topological polar surface area (TPSA) is 70.1 Å². The minimum Gasteiger partial charge on any atom is -0.384 e. The van der Waals surface area contributed by atoms with Crippen molar-refractivity contribution in [2.24, 2.45) is 5.73 Å². The van der Waals surface area contributed by atoms with Crippen LogP contribution in [-0.4, -0.2) is 12.0 Å². The van der Waals surface area contributed by atoms with Gasteiger partial charge in [0.15, 0.2) is 5.78 Å². The highest BCUT2D eigenvalue weighted by molar-refractivity contribution is 8.00. The first-order valence-electron chi connectivity index (χ1n) is 9.43. The zero-order valence-electron chi connectivity index (χ0n) is 16.5. The fourth-order valence-electron chi connectivity index (χ4n) is 4.23. The highest BCUT2D eigenvalue weighted by atomic mass is 32.2. The van der Waals surface area contributed by atoms with E-state index in [0.717, 1.165) is 26.8 Å². The Balaban J connectivity index is 2.04. The number of Topliss-reactive ketones (excluding diaryl/α,β-unsaturated/α-hetero) is 1. The Morgan fingerprint density at radius 3 is 2.63 bits per heavy atom. The number of nitriles is 1. The molecule has 1 aromatic heterocycles. The molecule has 1 aliphatic heterocycles. The van der Waals surface area contributed by atoms with Gasteiger partial charge in [-0.05, 0) is 49.8 Å². The van der Waals surface area contributed by atoms with Crippen LogP contribution in [-0.2, 0) is 4.79 Å². The molecule has 4 nitrogen and oxygen atoms in total. The summed E-state index contributed by atoms with van der Waals surface area (Å²) in [7, 11) is 0. The highest BCUT2D eigenvalue weighted by Crippen LogP contribution is 2.50. The molecule has 0 fully saturated rings. The summed E-state index contributed by atoms with van der Waals surface area (Å²) in [5, 5.41) is 10.0. The summed E-state index contributed by atoms with van der Waals surface area (Å²) in [6.45, 7) is 1.97. The lowest BCUT2D eigenvalue weighted by Crippen LogP contribution is -2.39. The Morgan fingerprint density at radius 2 is 2.00 bits per heavy atom. The largest absolute Gasteiger partial charge is 0.384 e. The zero-order chi connectivity index (χ0) is 21.6. The second kappa shape index (κ2) is 7.89. The number of aryl methyl sites for hydroxylation is 1. The Labute approximate surface area is 181 Å². The summed E-state index contributed by atoms with van der Waals surface area (Å²) in [6.07, 6.45) is 3.28. The van der Waals surface area contributed by atoms with E-state index < -0.39 is 17.6 Å². The highest BCUT2D eigenvalue weighted by Gasteiger charge is 2.42. The maximum Gasteiger partial charge on any atom is 0.161 e. The molecule has 0 bridgehead atoms. The van der Waals surface area contributed by atoms with Crippen LogP contribution >= 0.6 is 23.1 Å². The van der Waals surface area contributed by atoms with Gasteiger partial charge in [-0.3, -0.25) is 9.69 Å². The van der Waals surface area contributed by atoms with Crippen molar-refractivity contribution >= 4 is 34.6 Å². The van der Waals surface area contributed by atoms with Crippen molar-refractivity contribution in [2.75, 3.05) is 11.2 Å². The number of thiophene rings is 1. The van der Waals surface area contributed by atoms with Crippen molar-refractivity contribution in [1.82, 2.24) is 0 Å². The van der Waals surface area contributed by atoms with E-state index in [9.17, 15) is 18.8 Å². The van der Waals surface area contributed by atoms with Crippen molar-refractivity contribution in [3.8, 4) is 6.07 Å². The molecule has 0 saturated carbocycles. The fourth-order valence-corrected chi connectivity index (χ4v) is 6.14. The molecule has 0 saturated heterocycles. The second-order valence-electron chi connectivity index (χ2n) is 7.19. The molecule has 4 rings (SSSR count). The third-order valence-electron chi connectivity index (χ3n) is 5.42. The SMILES string of the molecule is CSc1sc(C)cc1[C@@H]1C(C#N)=C(N)N(c2c(F)cccc2F)C2=C1C(=O)CCC2. The number of halogens is 2. The van der Waals surface area contributed by atoms with Gasteiger partial charge in [-0.15, -0.1) is 23.1 Å². The molecular weight excluding hydrogens is 424 g/mol. The van der Waals surface area contributed by atoms with Gasteiger partial charge in [0.05, 0.1) is 21.8 Å². The lowest BCUT2D eigenvalue weighted by atomic mass is 9.76. The van der Waals surface area contributed by atoms with Gasteiger partial charge in [0.25, 0.3) is 0 Å². The number of ketones is 1. The van der Waals surface area contributed by atoms with Gasteiger partial charge >= 0.3 is 0 Å². The van der Waals surface area contributed by atoms with Gasteiger partial charge in [-0.2, -0.15) is 5.26 Å². The van der Waals surface area contributed by atoms with E-state index in [1.54, 1.807) is 23.1 Å². The molecule has 1 aromatic carbocycles. The molecule has 2 N–H and O–H groups in total. The third kappa shape index (κ3) is 3.13. The Hall–Kier alpha value is -2.63. The molecule has 8 heteroatoms. The van der Waals surface area contributed by atoms with Gasteiger partial charge < -0.3 is 5.73 Å². The lowest BCUT2D eigenvalue weighted by Gasteiger charge is -2.39. The number of nitrogens with zero attached hydrogens (tertiary/aromatic N) is 2. The molecular formula is C22H19F2N3OS2. The van der Waals surface area contributed by atoms with Gasteiger partial charge in [-0.1, -0.05) is 6.07 Å². The van der Waals surface area contributed by atoms with Crippen LogP contribution in [0.5, 0.6) is 0 Å². The first kappa shape index (κ1) is 20.6. The molecule has 1 aliphatic carbocycles. The number of nitrogens with two attached hydrogens (primary N) is 1. The number of allylic oxidation sites excluding steroid dienone is 3. The van der Waals surface area contributed by atoms with E-state index >= 15 is 0 Å². The molecule has 0 radical (unpaired) electrons. The summed E-state index contributed by atoms with van der Waals surface area (Å²) in [4.78, 5) is 15.4. The van der Waals surface area contributed by atoms with Crippen molar-refractivity contribution in [2.45, 2.75) is 36.3 Å². The van der Waals surface area contributed by atoms with Crippen LogP contribution < -0.4 is 10.6 Å². The predicted octanol–water partition coefficient (Wildman–Crippen LogP) is 5.36.